The van der Waals surface area contributed by atoms with Crippen LogP contribution >= 0.6 is 22.7 Å². The fraction of sp³-hybridized carbons (Fsp3) is 0.294. The third kappa shape index (κ3) is 3.80. The standard InChI is InChI=1S/C17H19N3S2/c1-13-16(21-12-19-13)8-9-20(2)11-15-10-18-17(22-15)14-6-4-3-5-7-14/h3-7,10,12H,8-9,11H2,1-2H3. The molecule has 3 nitrogen and oxygen atoms in total. The van der Waals surface area contributed by atoms with Crippen LogP contribution in [0.4, 0.5) is 0 Å². The molecule has 0 amide bonds. The second-order valence-electron chi connectivity index (χ2n) is 5.35. The Morgan fingerprint density at radius 2 is 1.95 bits per heavy atom. The highest BCUT2D eigenvalue weighted by Crippen LogP contribution is 2.25. The van der Waals surface area contributed by atoms with E-state index in [9.17, 15) is 0 Å². The molecule has 0 unspecified atom stereocenters. The first-order valence-electron chi connectivity index (χ1n) is 7.30. The number of benzene rings is 1. The molecule has 3 aromatic rings. The lowest BCUT2D eigenvalue weighted by molar-refractivity contribution is 0.334. The molecule has 0 N–H and O–H groups in total. The van der Waals surface area contributed by atoms with E-state index in [1.807, 2.05) is 17.8 Å². The third-order valence-electron chi connectivity index (χ3n) is 3.57. The highest BCUT2D eigenvalue weighted by Gasteiger charge is 2.08. The number of aromatic nitrogens is 2. The summed E-state index contributed by atoms with van der Waals surface area (Å²) in [7, 11) is 2.16. The van der Waals surface area contributed by atoms with Crippen molar-refractivity contribution in [2.75, 3.05) is 13.6 Å². The van der Waals surface area contributed by atoms with Crippen molar-refractivity contribution in [1.29, 1.82) is 0 Å². The van der Waals surface area contributed by atoms with Gasteiger partial charge in [0.1, 0.15) is 5.01 Å². The minimum atomic E-state index is 0.947. The molecule has 114 valence electrons. The Morgan fingerprint density at radius 1 is 1.14 bits per heavy atom. The van der Waals surface area contributed by atoms with Crippen molar-refractivity contribution in [3.8, 4) is 10.6 Å². The van der Waals surface area contributed by atoms with Gasteiger partial charge in [-0.05, 0) is 20.4 Å². The number of likely N-dealkylation sites (N-methyl/N-ethyl adjacent to an activating group) is 1. The van der Waals surface area contributed by atoms with E-state index in [1.54, 1.807) is 22.7 Å². The molecular weight excluding hydrogens is 310 g/mol. The summed E-state index contributed by atoms with van der Waals surface area (Å²) in [5.41, 5.74) is 4.30. The van der Waals surface area contributed by atoms with Gasteiger partial charge in [-0.15, -0.1) is 22.7 Å². The van der Waals surface area contributed by atoms with E-state index in [2.05, 4.69) is 53.1 Å². The number of thiazole rings is 2. The number of aryl methyl sites for hydroxylation is 1. The van der Waals surface area contributed by atoms with E-state index < -0.39 is 0 Å². The number of rotatable bonds is 6. The molecular formula is C17H19N3S2. The van der Waals surface area contributed by atoms with Gasteiger partial charge in [-0.3, -0.25) is 0 Å². The van der Waals surface area contributed by atoms with E-state index >= 15 is 0 Å². The Bertz CT molecular complexity index is 718. The normalized spacial score (nSPS) is 11.2. The van der Waals surface area contributed by atoms with Gasteiger partial charge in [-0.2, -0.15) is 0 Å². The Balaban J connectivity index is 1.57. The van der Waals surface area contributed by atoms with Gasteiger partial charge in [0.05, 0.1) is 11.2 Å². The van der Waals surface area contributed by atoms with Crippen molar-refractivity contribution in [2.24, 2.45) is 0 Å². The predicted molar refractivity (Wildman–Crippen MR) is 94.4 cm³/mol. The van der Waals surface area contributed by atoms with Crippen LogP contribution in [0.5, 0.6) is 0 Å². The zero-order valence-electron chi connectivity index (χ0n) is 12.8. The van der Waals surface area contributed by atoms with E-state index in [-0.39, 0.29) is 0 Å². The maximum atomic E-state index is 4.55. The van der Waals surface area contributed by atoms with Gasteiger partial charge in [-0.25, -0.2) is 9.97 Å². The van der Waals surface area contributed by atoms with Crippen LogP contribution in [0.2, 0.25) is 0 Å². The van der Waals surface area contributed by atoms with Crippen LogP contribution < -0.4 is 0 Å². The molecule has 2 aromatic heterocycles. The van der Waals surface area contributed by atoms with Gasteiger partial charge in [-0.1, -0.05) is 30.3 Å². The molecule has 0 atom stereocenters. The lowest BCUT2D eigenvalue weighted by Gasteiger charge is -2.14. The molecule has 0 saturated carbocycles. The van der Waals surface area contributed by atoms with E-state index in [1.165, 1.54) is 21.0 Å². The van der Waals surface area contributed by atoms with Crippen molar-refractivity contribution in [2.45, 2.75) is 19.9 Å². The predicted octanol–water partition coefficient (Wildman–Crippen LogP) is 4.25. The molecule has 0 bridgehead atoms. The van der Waals surface area contributed by atoms with Crippen LogP contribution in [-0.2, 0) is 13.0 Å². The molecule has 5 heteroatoms. The van der Waals surface area contributed by atoms with Crippen LogP contribution in [0.15, 0.2) is 42.0 Å². The summed E-state index contributed by atoms with van der Waals surface area (Å²) in [6, 6.07) is 10.4. The molecule has 0 aliphatic heterocycles. The monoisotopic (exact) mass is 329 g/mol. The quantitative estimate of drug-likeness (QED) is 0.677. The molecule has 1 aromatic carbocycles. The fourth-order valence-corrected chi connectivity index (χ4v) is 4.07. The average Bonchev–Trinajstić information content (AvgIpc) is 3.15. The second-order valence-corrected chi connectivity index (χ2v) is 7.40. The van der Waals surface area contributed by atoms with Crippen molar-refractivity contribution in [3.05, 3.63) is 57.5 Å². The van der Waals surface area contributed by atoms with Crippen molar-refractivity contribution < 1.29 is 0 Å². The molecule has 2 heterocycles. The van der Waals surface area contributed by atoms with Gasteiger partial charge in [0.25, 0.3) is 0 Å². The zero-order valence-corrected chi connectivity index (χ0v) is 14.5. The summed E-state index contributed by atoms with van der Waals surface area (Å²) in [5, 5.41) is 1.10. The highest BCUT2D eigenvalue weighted by atomic mass is 32.1. The zero-order chi connectivity index (χ0) is 15.4. The lowest BCUT2D eigenvalue weighted by atomic mass is 10.2. The summed E-state index contributed by atoms with van der Waals surface area (Å²) in [5.74, 6) is 0. The fourth-order valence-electron chi connectivity index (χ4n) is 2.30. The second kappa shape index (κ2) is 7.13. The number of hydrogen-bond donors (Lipinski definition) is 0. The van der Waals surface area contributed by atoms with Crippen LogP contribution in [0, 0.1) is 6.92 Å². The molecule has 0 radical (unpaired) electrons. The molecule has 3 rings (SSSR count). The Kier molecular flexibility index (Phi) is 4.97. The van der Waals surface area contributed by atoms with Gasteiger partial charge in [0.15, 0.2) is 0 Å². The van der Waals surface area contributed by atoms with Crippen molar-refractivity contribution in [3.63, 3.8) is 0 Å². The topological polar surface area (TPSA) is 29.0 Å². The van der Waals surface area contributed by atoms with Gasteiger partial charge >= 0.3 is 0 Å². The Hall–Kier alpha value is -1.56. The average molecular weight is 329 g/mol. The third-order valence-corrected chi connectivity index (χ3v) is 5.59. The summed E-state index contributed by atoms with van der Waals surface area (Å²) in [4.78, 5) is 13.9. The molecule has 0 aliphatic rings. The maximum absolute atomic E-state index is 4.55. The highest BCUT2D eigenvalue weighted by molar-refractivity contribution is 7.15. The first kappa shape index (κ1) is 15.3. The molecule has 0 fully saturated rings. The summed E-state index contributed by atoms with van der Waals surface area (Å²) < 4.78 is 0. The van der Waals surface area contributed by atoms with Crippen LogP contribution in [0.25, 0.3) is 10.6 Å². The van der Waals surface area contributed by atoms with Crippen LogP contribution in [-0.4, -0.2) is 28.5 Å². The summed E-state index contributed by atoms with van der Waals surface area (Å²) in [6.45, 7) is 4.07. The van der Waals surface area contributed by atoms with Crippen LogP contribution in [0.1, 0.15) is 15.4 Å². The molecule has 0 aliphatic carbocycles. The van der Waals surface area contributed by atoms with E-state index in [0.29, 0.717) is 0 Å². The molecule has 0 saturated heterocycles. The first-order valence-corrected chi connectivity index (χ1v) is 8.99. The number of hydrogen-bond acceptors (Lipinski definition) is 5. The Labute approximate surface area is 139 Å². The number of nitrogens with zero attached hydrogens (tertiary/aromatic N) is 3. The van der Waals surface area contributed by atoms with Crippen LogP contribution in [0.3, 0.4) is 0 Å². The SMILES string of the molecule is Cc1ncsc1CCN(C)Cc1cnc(-c2ccccc2)s1. The smallest absolute Gasteiger partial charge is 0.123 e. The minimum absolute atomic E-state index is 0.947. The Morgan fingerprint density at radius 3 is 2.68 bits per heavy atom. The van der Waals surface area contributed by atoms with Gasteiger partial charge < -0.3 is 4.90 Å². The lowest BCUT2D eigenvalue weighted by Crippen LogP contribution is -2.20. The van der Waals surface area contributed by atoms with Gasteiger partial charge in [0, 0.05) is 34.6 Å². The van der Waals surface area contributed by atoms with Gasteiger partial charge in [0.2, 0.25) is 0 Å². The largest absolute Gasteiger partial charge is 0.301 e. The van der Waals surface area contributed by atoms with Crippen molar-refractivity contribution >= 4 is 22.7 Å². The first-order chi connectivity index (χ1) is 10.7. The summed E-state index contributed by atoms with van der Waals surface area (Å²) in [6.07, 6.45) is 3.07. The summed E-state index contributed by atoms with van der Waals surface area (Å²) >= 11 is 3.53. The van der Waals surface area contributed by atoms with E-state index in [4.69, 9.17) is 0 Å². The maximum Gasteiger partial charge on any atom is 0.123 e. The molecule has 0 spiro atoms. The van der Waals surface area contributed by atoms with E-state index in [0.717, 1.165) is 24.5 Å². The molecule has 22 heavy (non-hydrogen) atoms. The minimum Gasteiger partial charge on any atom is -0.301 e. The van der Waals surface area contributed by atoms with Crippen molar-refractivity contribution in [1.82, 2.24) is 14.9 Å².